The van der Waals surface area contributed by atoms with Crippen molar-refractivity contribution >= 4 is 33.3 Å². The van der Waals surface area contributed by atoms with E-state index in [1.54, 1.807) is 17.5 Å². The third-order valence-electron chi connectivity index (χ3n) is 6.99. The lowest BCUT2D eigenvalue weighted by Gasteiger charge is -2.44. The molecule has 0 spiro atoms. The lowest BCUT2D eigenvalue weighted by atomic mass is 9.81. The van der Waals surface area contributed by atoms with Crippen molar-refractivity contribution in [3.8, 4) is 11.8 Å². The van der Waals surface area contributed by atoms with Gasteiger partial charge in [0.25, 0.3) is 0 Å². The van der Waals surface area contributed by atoms with Crippen molar-refractivity contribution in [3.05, 3.63) is 47.6 Å². The van der Waals surface area contributed by atoms with Crippen LogP contribution in [0.25, 0.3) is 10.2 Å². The van der Waals surface area contributed by atoms with Crippen LogP contribution in [0, 0.1) is 17.2 Å². The minimum absolute atomic E-state index is 0.0552. The molecule has 2 bridgehead atoms. The number of likely N-dealkylation sites (tertiary alicyclic amines) is 1. The van der Waals surface area contributed by atoms with Gasteiger partial charge in [-0.1, -0.05) is 6.07 Å². The highest BCUT2D eigenvalue weighted by Gasteiger charge is 2.45. The summed E-state index contributed by atoms with van der Waals surface area (Å²) in [6.45, 7) is 1.50. The molecule has 1 saturated carbocycles. The standard InChI is InChI=1S/C24H23N5O2S/c25-10-15-4-7-22(26-11-15)29-17-5-6-18(29)13-28(12-17)24(30)16-8-19(9-16)31-21-3-1-2-20-23(21)32-14-27-20/h1-4,7,11,14,16-19H,5-6,8-9,12-13H2. The Morgan fingerprint density at radius 3 is 2.66 bits per heavy atom. The molecule has 3 aliphatic rings. The topological polar surface area (TPSA) is 82.4 Å². The second-order valence-electron chi connectivity index (χ2n) is 8.92. The summed E-state index contributed by atoms with van der Waals surface area (Å²) in [4.78, 5) is 26.4. The first-order valence-electron chi connectivity index (χ1n) is 11.1. The fourth-order valence-electron chi connectivity index (χ4n) is 5.32. The smallest absolute Gasteiger partial charge is 0.226 e. The highest BCUT2D eigenvalue weighted by atomic mass is 32.1. The predicted octanol–water partition coefficient (Wildman–Crippen LogP) is 3.60. The number of piperazine rings is 1. The molecule has 0 radical (unpaired) electrons. The van der Waals surface area contributed by atoms with Crippen LogP contribution in [0.3, 0.4) is 0 Å². The van der Waals surface area contributed by atoms with Crippen molar-refractivity contribution in [3.63, 3.8) is 0 Å². The number of hydrogen-bond donors (Lipinski definition) is 0. The molecule has 1 aliphatic carbocycles. The number of pyridine rings is 1. The highest BCUT2D eigenvalue weighted by Crippen LogP contribution is 2.39. The lowest BCUT2D eigenvalue weighted by molar-refractivity contribution is -0.142. The maximum absolute atomic E-state index is 13.2. The van der Waals surface area contributed by atoms with Gasteiger partial charge in [0.15, 0.2) is 0 Å². The number of thiazole rings is 1. The second kappa shape index (κ2) is 7.75. The number of ether oxygens (including phenoxy) is 1. The van der Waals surface area contributed by atoms with Gasteiger partial charge in [-0.3, -0.25) is 4.79 Å². The van der Waals surface area contributed by atoms with Crippen LogP contribution in [-0.2, 0) is 4.79 Å². The van der Waals surface area contributed by atoms with E-state index in [2.05, 4.69) is 25.8 Å². The SMILES string of the molecule is N#Cc1ccc(N2C3CCC2CN(C(=O)C2CC(Oc4cccc5ncsc45)C2)C3)nc1. The lowest BCUT2D eigenvalue weighted by Crippen LogP contribution is -2.58. The number of carbonyl (C=O) groups is 1. The molecule has 6 rings (SSSR count). The number of benzene rings is 1. The molecule has 7 nitrogen and oxygen atoms in total. The van der Waals surface area contributed by atoms with E-state index in [4.69, 9.17) is 10.00 Å². The minimum Gasteiger partial charge on any atom is -0.489 e. The molecule has 2 aliphatic heterocycles. The van der Waals surface area contributed by atoms with Gasteiger partial charge in [-0.2, -0.15) is 5.26 Å². The monoisotopic (exact) mass is 445 g/mol. The average Bonchev–Trinajstić information content (AvgIpc) is 3.38. The van der Waals surface area contributed by atoms with Crippen molar-refractivity contribution in [1.82, 2.24) is 14.9 Å². The largest absolute Gasteiger partial charge is 0.489 e. The highest BCUT2D eigenvalue weighted by molar-refractivity contribution is 7.17. The summed E-state index contributed by atoms with van der Waals surface area (Å²) in [5.41, 5.74) is 3.37. The number of fused-ring (bicyclic) bond motifs is 3. The maximum atomic E-state index is 13.2. The number of anilines is 1. The molecule has 2 aromatic heterocycles. The molecular weight excluding hydrogens is 422 g/mol. The first kappa shape index (κ1) is 19.5. The average molecular weight is 446 g/mol. The Balaban J connectivity index is 1.07. The van der Waals surface area contributed by atoms with E-state index in [1.807, 2.05) is 35.8 Å². The van der Waals surface area contributed by atoms with Crippen LogP contribution in [0.15, 0.2) is 42.0 Å². The number of hydrogen-bond acceptors (Lipinski definition) is 7. The van der Waals surface area contributed by atoms with Gasteiger partial charge in [-0.25, -0.2) is 9.97 Å². The summed E-state index contributed by atoms with van der Waals surface area (Å²) in [7, 11) is 0. The van der Waals surface area contributed by atoms with E-state index in [-0.39, 0.29) is 17.9 Å². The van der Waals surface area contributed by atoms with Gasteiger partial charge in [-0.15, -0.1) is 11.3 Å². The Labute approximate surface area is 190 Å². The fourth-order valence-corrected chi connectivity index (χ4v) is 6.06. The van der Waals surface area contributed by atoms with Crippen molar-refractivity contribution in [2.24, 2.45) is 5.92 Å². The van der Waals surface area contributed by atoms with E-state index in [0.717, 1.165) is 60.6 Å². The molecule has 162 valence electrons. The third-order valence-corrected chi connectivity index (χ3v) is 7.85. The predicted molar refractivity (Wildman–Crippen MR) is 122 cm³/mol. The zero-order valence-corrected chi connectivity index (χ0v) is 18.4. The van der Waals surface area contributed by atoms with Crippen molar-refractivity contribution in [2.75, 3.05) is 18.0 Å². The maximum Gasteiger partial charge on any atom is 0.226 e. The molecule has 1 amide bonds. The van der Waals surface area contributed by atoms with Gasteiger partial charge in [-0.05, 0) is 49.9 Å². The Morgan fingerprint density at radius 2 is 1.94 bits per heavy atom. The Bertz CT molecular complexity index is 1180. The first-order chi connectivity index (χ1) is 15.7. The molecule has 3 aromatic rings. The van der Waals surface area contributed by atoms with E-state index in [0.29, 0.717) is 17.6 Å². The van der Waals surface area contributed by atoms with Crippen LogP contribution in [0.5, 0.6) is 5.75 Å². The van der Waals surface area contributed by atoms with Gasteiger partial charge in [0.05, 0.1) is 21.3 Å². The van der Waals surface area contributed by atoms with Gasteiger partial charge in [0.1, 0.15) is 23.7 Å². The molecule has 2 unspecified atom stereocenters. The second-order valence-corrected chi connectivity index (χ2v) is 9.77. The zero-order chi connectivity index (χ0) is 21.7. The molecule has 8 heteroatoms. The van der Waals surface area contributed by atoms with Crippen LogP contribution >= 0.6 is 11.3 Å². The van der Waals surface area contributed by atoms with Crippen molar-refractivity contribution in [1.29, 1.82) is 5.26 Å². The molecule has 1 aromatic carbocycles. The molecule has 3 fully saturated rings. The van der Waals surface area contributed by atoms with E-state index >= 15 is 0 Å². The molecular formula is C24H23N5O2S. The molecule has 32 heavy (non-hydrogen) atoms. The van der Waals surface area contributed by atoms with Crippen LogP contribution in [-0.4, -0.2) is 52.1 Å². The fraction of sp³-hybridized carbons (Fsp3) is 0.417. The quantitative estimate of drug-likeness (QED) is 0.610. The number of carbonyl (C=O) groups excluding carboxylic acids is 1. The normalized spacial score (nSPS) is 26.6. The van der Waals surface area contributed by atoms with Gasteiger partial charge >= 0.3 is 0 Å². The number of aromatic nitrogens is 2. The van der Waals surface area contributed by atoms with Crippen molar-refractivity contribution < 1.29 is 9.53 Å². The Kier molecular flexibility index (Phi) is 4.72. The molecule has 2 saturated heterocycles. The van der Waals surface area contributed by atoms with Gasteiger partial charge < -0.3 is 14.5 Å². The summed E-state index contributed by atoms with van der Waals surface area (Å²) < 4.78 is 7.27. The third kappa shape index (κ3) is 3.28. The van der Waals surface area contributed by atoms with Gasteiger partial charge in [0, 0.05) is 37.3 Å². The van der Waals surface area contributed by atoms with Gasteiger partial charge in [0.2, 0.25) is 5.91 Å². The summed E-state index contributed by atoms with van der Waals surface area (Å²) >= 11 is 1.59. The van der Waals surface area contributed by atoms with E-state index in [9.17, 15) is 4.79 Å². The Morgan fingerprint density at radius 1 is 1.12 bits per heavy atom. The number of amides is 1. The molecule has 4 heterocycles. The van der Waals surface area contributed by atoms with Crippen LogP contribution in [0.1, 0.15) is 31.2 Å². The summed E-state index contributed by atoms with van der Waals surface area (Å²) in [6, 6.07) is 12.4. The summed E-state index contributed by atoms with van der Waals surface area (Å²) in [6.07, 6.45) is 5.43. The minimum atomic E-state index is 0.0552. The first-order valence-corrected chi connectivity index (χ1v) is 12.0. The van der Waals surface area contributed by atoms with E-state index < -0.39 is 0 Å². The van der Waals surface area contributed by atoms with Crippen LogP contribution in [0.4, 0.5) is 5.82 Å². The zero-order valence-electron chi connectivity index (χ0n) is 17.6. The van der Waals surface area contributed by atoms with Crippen LogP contribution in [0.2, 0.25) is 0 Å². The summed E-state index contributed by atoms with van der Waals surface area (Å²) in [5, 5.41) is 9.01. The number of rotatable bonds is 4. The number of nitriles is 1. The van der Waals surface area contributed by atoms with Crippen LogP contribution < -0.4 is 9.64 Å². The Hall–Kier alpha value is -3.18. The number of nitrogens with zero attached hydrogens (tertiary/aromatic N) is 5. The molecule has 0 N–H and O–H groups in total. The van der Waals surface area contributed by atoms with E-state index in [1.165, 1.54) is 0 Å². The molecule has 2 atom stereocenters. The van der Waals surface area contributed by atoms with Crippen molar-refractivity contribution in [2.45, 2.75) is 43.9 Å². The summed E-state index contributed by atoms with van der Waals surface area (Å²) in [5.74, 6) is 2.12.